The predicted molar refractivity (Wildman–Crippen MR) is 99.7 cm³/mol. The number of benzene rings is 1. The zero-order chi connectivity index (χ0) is 17.4. The van der Waals surface area contributed by atoms with E-state index in [0.29, 0.717) is 11.8 Å². The van der Waals surface area contributed by atoms with Crippen LogP contribution in [0.15, 0.2) is 29.2 Å². The molecule has 3 heterocycles. The third kappa shape index (κ3) is 3.19. The van der Waals surface area contributed by atoms with Crippen LogP contribution in [0.4, 0.5) is 0 Å². The van der Waals surface area contributed by atoms with Gasteiger partial charge in [-0.25, -0.2) is 0 Å². The van der Waals surface area contributed by atoms with Crippen LogP contribution in [0.5, 0.6) is 0 Å². The van der Waals surface area contributed by atoms with Gasteiger partial charge in [0.2, 0.25) is 5.91 Å². The number of carbonyl (C=O) groups is 2. The van der Waals surface area contributed by atoms with Crippen molar-refractivity contribution in [2.24, 2.45) is 11.8 Å². The summed E-state index contributed by atoms with van der Waals surface area (Å²) in [6.07, 6.45) is 7.45. The lowest BCUT2D eigenvalue weighted by Crippen LogP contribution is -2.48. The molecule has 0 unspecified atom stereocenters. The van der Waals surface area contributed by atoms with Crippen LogP contribution in [0, 0.1) is 11.8 Å². The first kappa shape index (κ1) is 17.0. The Morgan fingerprint density at radius 3 is 2.56 bits per heavy atom. The molecule has 1 aliphatic carbocycles. The van der Waals surface area contributed by atoms with Crippen LogP contribution in [0.25, 0.3) is 0 Å². The highest BCUT2D eigenvalue weighted by Crippen LogP contribution is 2.34. The van der Waals surface area contributed by atoms with Gasteiger partial charge in [0.05, 0.1) is 5.56 Å². The third-order valence-corrected chi connectivity index (χ3v) is 6.87. The Labute approximate surface area is 153 Å². The van der Waals surface area contributed by atoms with E-state index < -0.39 is 0 Å². The molecule has 2 bridgehead atoms. The Bertz CT molecular complexity index is 673. The molecule has 1 aromatic rings. The van der Waals surface area contributed by atoms with Crippen molar-refractivity contribution in [2.45, 2.75) is 43.0 Å². The molecule has 4 aliphatic rings. The lowest BCUT2D eigenvalue weighted by molar-refractivity contribution is -0.138. The summed E-state index contributed by atoms with van der Waals surface area (Å²) in [7, 11) is 0. The summed E-state index contributed by atoms with van der Waals surface area (Å²) in [6.45, 7) is 2.35. The van der Waals surface area contributed by atoms with Gasteiger partial charge in [-0.1, -0.05) is 18.6 Å². The molecule has 2 amide bonds. The molecule has 1 saturated carbocycles. The maximum atomic E-state index is 13.2. The average Bonchev–Trinajstić information content (AvgIpc) is 2.91. The highest BCUT2D eigenvalue weighted by Gasteiger charge is 2.41. The largest absolute Gasteiger partial charge is 0.340 e. The number of nitrogens with zero attached hydrogens (tertiary/aromatic N) is 2. The van der Waals surface area contributed by atoms with Gasteiger partial charge in [0, 0.05) is 36.5 Å². The van der Waals surface area contributed by atoms with Crippen molar-refractivity contribution in [1.29, 1.82) is 0 Å². The van der Waals surface area contributed by atoms with Crippen molar-refractivity contribution in [1.82, 2.24) is 9.80 Å². The summed E-state index contributed by atoms with van der Waals surface area (Å²) < 4.78 is 0. The van der Waals surface area contributed by atoms with E-state index in [4.69, 9.17) is 0 Å². The van der Waals surface area contributed by atoms with E-state index in [2.05, 4.69) is 9.80 Å². The Kier molecular flexibility index (Phi) is 4.76. The summed E-state index contributed by atoms with van der Waals surface area (Å²) in [5.41, 5.74) is 0.805. The summed E-state index contributed by atoms with van der Waals surface area (Å²) >= 11 is 1.62. The Hall–Kier alpha value is -1.49. The minimum atomic E-state index is 0.137. The van der Waals surface area contributed by atoms with Gasteiger partial charge >= 0.3 is 0 Å². The minimum absolute atomic E-state index is 0.137. The second-order valence-electron chi connectivity index (χ2n) is 7.63. The maximum absolute atomic E-state index is 13.2. The zero-order valence-electron chi connectivity index (χ0n) is 14.8. The topological polar surface area (TPSA) is 40.6 Å². The fourth-order valence-corrected chi connectivity index (χ4v) is 4.99. The fraction of sp³-hybridized carbons (Fsp3) is 0.600. The molecule has 5 rings (SSSR count). The highest BCUT2D eigenvalue weighted by molar-refractivity contribution is 7.98. The molecular formula is C20H26N2O2S. The lowest BCUT2D eigenvalue weighted by atomic mass is 9.84. The number of fused-ring (bicyclic) bond motifs is 4. The summed E-state index contributed by atoms with van der Waals surface area (Å²) in [4.78, 5) is 31.1. The molecule has 0 N–H and O–H groups in total. The van der Waals surface area contributed by atoms with E-state index >= 15 is 0 Å². The van der Waals surface area contributed by atoms with Crippen LogP contribution in [-0.4, -0.2) is 53.5 Å². The number of hydrogen-bond acceptors (Lipinski definition) is 3. The number of hydrogen-bond donors (Lipinski definition) is 0. The van der Waals surface area contributed by atoms with Crippen LogP contribution in [0.3, 0.4) is 0 Å². The van der Waals surface area contributed by atoms with Crippen LogP contribution in [0.2, 0.25) is 0 Å². The van der Waals surface area contributed by atoms with Gasteiger partial charge < -0.3 is 9.80 Å². The lowest BCUT2D eigenvalue weighted by Gasteiger charge is -2.36. The summed E-state index contributed by atoms with van der Waals surface area (Å²) in [5, 5.41) is 0. The molecule has 0 radical (unpaired) electrons. The second-order valence-corrected chi connectivity index (χ2v) is 8.47. The molecular weight excluding hydrogens is 332 g/mol. The molecule has 2 atom stereocenters. The molecule has 1 aromatic carbocycles. The number of piperidine rings is 1. The van der Waals surface area contributed by atoms with Crippen molar-refractivity contribution < 1.29 is 9.59 Å². The van der Waals surface area contributed by atoms with E-state index in [0.717, 1.165) is 55.8 Å². The van der Waals surface area contributed by atoms with Gasteiger partial charge in [0.1, 0.15) is 0 Å². The zero-order valence-corrected chi connectivity index (χ0v) is 15.6. The second kappa shape index (κ2) is 7.02. The molecule has 5 heteroatoms. The van der Waals surface area contributed by atoms with Crippen molar-refractivity contribution in [3.05, 3.63) is 29.8 Å². The smallest absolute Gasteiger partial charge is 0.255 e. The first-order chi connectivity index (χ1) is 12.2. The molecule has 0 spiro atoms. The quantitative estimate of drug-likeness (QED) is 0.779. The van der Waals surface area contributed by atoms with E-state index in [1.165, 1.54) is 6.42 Å². The van der Waals surface area contributed by atoms with Crippen LogP contribution in [0.1, 0.15) is 42.5 Å². The van der Waals surface area contributed by atoms with Gasteiger partial charge in [-0.3, -0.25) is 9.59 Å². The number of rotatable bonds is 3. The molecule has 25 heavy (non-hydrogen) atoms. The minimum Gasteiger partial charge on any atom is -0.340 e. The van der Waals surface area contributed by atoms with Gasteiger partial charge in [-0.2, -0.15) is 0 Å². The summed E-state index contributed by atoms with van der Waals surface area (Å²) in [6, 6.07) is 8.04. The van der Waals surface area contributed by atoms with Gasteiger partial charge in [-0.15, -0.1) is 11.8 Å². The van der Waals surface area contributed by atoms with Crippen molar-refractivity contribution in [3.8, 4) is 0 Å². The van der Waals surface area contributed by atoms with E-state index in [1.54, 1.807) is 11.8 Å². The summed E-state index contributed by atoms with van der Waals surface area (Å²) in [5.74, 6) is 1.14. The number of thioether (sulfide) groups is 1. The molecule has 3 aliphatic heterocycles. The molecule has 134 valence electrons. The van der Waals surface area contributed by atoms with E-state index in [-0.39, 0.29) is 17.9 Å². The van der Waals surface area contributed by atoms with Gasteiger partial charge in [0.25, 0.3) is 5.91 Å². The molecule has 4 fully saturated rings. The first-order valence-corrected chi connectivity index (χ1v) is 10.6. The average molecular weight is 359 g/mol. The number of amides is 2. The van der Waals surface area contributed by atoms with Gasteiger partial charge in [0.15, 0.2) is 0 Å². The molecule has 4 nitrogen and oxygen atoms in total. The Morgan fingerprint density at radius 1 is 1.04 bits per heavy atom. The van der Waals surface area contributed by atoms with E-state index in [9.17, 15) is 9.59 Å². The van der Waals surface area contributed by atoms with Crippen LogP contribution >= 0.6 is 11.8 Å². The number of carbonyl (C=O) groups excluding carboxylic acids is 2. The maximum Gasteiger partial charge on any atom is 0.255 e. The van der Waals surface area contributed by atoms with Crippen LogP contribution in [-0.2, 0) is 4.79 Å². The van der Waals surface area contributed by atoms with Crippen molar-refractivity contribution in [2.75, 3.05) is 25.9 Å². The molecule has 3 saturated heterocycles. The Balaban J connectivity index is 1.54. The standard InChI is InChI=1S/C20H26N2O2S/c1-25-18-8-3-2-7-17(18)20(24)22-12-14-9-10-16(22)13-21(11-14)19(23)15-5-4-6-15/h2-3,7-8,14-16H,4-6,9-13H2,1H3/t14-,16+/m0/s1. The Morgan fingerprint density at radius 2 is 1.84 bits per heavy atom. The molecule has 0 aromatic heterocycles. The van der Waals surface area contributed by atoms with E-state index in [1.807, 2.05) is 30.5 Å². The third-order valence-electron chi connectivity index (χ3n) is 6.08. The normalized spacial score (nSPS) is 26.3. The van der Waals surface area contributed by atoms with Crippen LogP contribution < -0.4 is 0 Å². The monoisotopic (exact) mass is 358 g/mol. The fourth-order valence-electron chi connectivity index (χ4n) is 4.40. The predicted octanol–water partition coefficient (Wildman–Crippen LogP) is 3.27. The SMILES string of the molecule is CSc1ccccc1C(=O)N1C[C@H]2CC[C@@H]1CN(C(=O)C1CCC1)C2. The van der Waals surface area contributed by atoms with Crippen molar-refractivity contribution in [3.63, 3.8) is 0 Å². The van der Waals surface area contributed by atoms with Crippen molar-refractivity contribution >= 4 is 23.6 Å². The first-order valence-electron chi connectivity index (χ1n) is 9.40. The highest BCUT2D eigenvalue weighted by atomic mass is 32.2. The van der Waals surface area contributed by atoms with Gasteiger partial charge in [-0.05, 0) is 50.0 Å².